The minimum Gasteiger partial charge on any atom is -0.456 e. The maximum Gasteiger partial charge on any atom is 0.289 e. The maximum atomic E-state index is 5.92. The highest BCUT2D eigenvalue weighted by molar-refractivity contribution is 5.82. The summed E-state index contributed by atoms with van der Waals surface area (Å²) in [7, 11) is 0. The van der Waals surface area contributed by atoms with E-state index in [0.717, 1.165) is 29.6 Å². The third-order valence-corrected chi connectivity index (χ3v) is 3.14. The molecule has 1 N–H and O–H groups in total. The van der Waals surface area contributed by atoms with Gasteiger partial charge >= 0.3 is 0 Å². The third-order valence-electron chi connectivity index (χ3n) is 3.14. The third kappa shape index (κ3) is 1.39. The van der Waals surface area contributed by atoms with Crippen molar-refractivity contribution in [1.82, 2.24) is 5.32 Å². The first-order valence-corrected chi connectivity index (χ1v) is 5.56. The summed E-state index contributed by atoms with van der Waals surface area (Å²) in [6, 6.07) is 8.02. The van der Waals surface area contributed by atoms with Gasteiger partial charge in [0, 0.05) is 24.0 Å². The van der Waals surface area contributed by atoms with Crippen molar-refractivity contribution < 1.29 is 9.15 Å². The lowest BCUT2D eigenvalue weighted by Crippen LogP contribution is -2.61. The number of para-hydroxylation sites is 1. The quantitative estimate of drug-likeness (QED) is 0.839. The summed E-state index contributed by atoms with van der Waals surface area (Å²) in [6.45, 7) is 5.89. The summed E-state index contributed by atoms with van der Waals surface area (Å²) in [5, 5.41) is 4.34. The van der Waals surface area contributed by atoms with E-state index in [2.05, 4.69) is 18.3 Å². The minimum atomic E-state index is -0.112. The number of aryl methyl sites for hydroxylation is 1. The number of ether oxygens (including phenoxy) is 1. The summed E-state index contributed by atoms with van der Waals surface area (Å²) >= 11 is 0. The van der Waals surface area contributed by atoms with Crippen LogP contribution < -0.4 is 10.1 Å². The molecule has 3 heteroatoms. The van der Waals surface area contributed by atoms with Crippen LogP contribution in [0.2, 0.25) is 0 Å². The predicted molar refractivity (Wildman–Crippen MR) is 62.9 cm³/mol. The molecule has 1 aromatic heterocycles. The zero-order chi connectivity index (χ0) is 11.2. The van der Waals surface area contributed by atoms with Gasteiger partial charge in [0.2, 0.25) is 0 Å². The molecule has 0 radical (unpaired) electrons. The predicted octanol–water partition coefficient (Wildman–Crippen LogP) is 2.48. The van der Waals surface area contributed by atoms with Crippen LogP contribution in [0.4, 0.5) is 0 Å². The van der Waals surface area contributed by atoms with Crippen molar-refractivity contribution in [1.29, 1.82) is 0 Å². The summed E-state index contributed by atoms with van der Waals surface area (Å²) < 4.78 is 11.6. The molecule has 3 rings (SSSR count). The Kier molecular flexibility index (Phi) is 1.98. The van der Waals surface area contributed by atoms with Crippen molar-refractivity contribution in [3.05, 3.63) is 29.8 Å². The van der Waals surface area contributed by atoms with Gasteiger partial charge in [0.15, 0.2) is 0 Å². The Morgan fingerprint density at radius 1 is 1.31 bits per heavy atom. The van der Waals surface area contributed by atoms with Crippen molar-refractivity contribution in [2.24, 2.45) is 0 Å². The number of hydrogen-bond donors (Lipinski definition) is 1. The monoisotopic (exact) mass is 217 g/mol. The van der Waals surface area contributed by atoms with Crippen molar-refractivity contribution in [3.63, 3.8) is 0 Å². The van der Waals surface area contributed by atoms with E-state index in [9.17, 15) is 0 Å². The van der Waals surface area contributed by atoms with Gasteiger partial charge in [0.1, 0.15) is 11.2 Å². The smallest absolute Gasteiger partial charge is 0.289 e. The van der Waals surface area contributed by atoms with Crippen LogP contribution >= 0.6 is 0 Å². The number of furan rings is 1. The van der Waals surface area contributed by atoms with Gasteiger partial charge in [-0.2, -0.15) is 0 Å². The molecule has 1 aromatic carbocycles. The highest BCUT2D eigenvalue weighted by Crippen LogP contribution is 2.33. The molecule has 0 unspecified atom stereocenters. The fourth-order valence-electron chi connectivity index (χ4n) is 2.02. The molecule has 0 amide bonds. The molecular formula is C13H15NO2. The van der Waals surface area contributed by atoms with Gasteiger partial charge in [0.25, 0.3) is 5.95 Å². The number of benzene rings is 1. The van der Waals surface area contributed by atoms with Crippen molar-refractivity contribution in [2.75, 3.05) is 13.1 Å². The van der Waals surface area contributed by atoms with Crippen LogP contribution in [-0.2, 0) is 0 Å². The average molecular weight is 217 g/mol. The van der Waals surface area contributed by atoms with Crippen LogP contribution in [0, 0.1) is 6.92 Å². The first-order chi connectivity index (χ1) is 7.68. The SMILES string of the molecule is Cc1c(OC2(C)CNC2)oc2ccccc12. The lowest BCUT2D eigenvalue weighted by molar-refractivity contribution is 0.0140. The second kappa shape index (κ2) is 3.25. The molecule has 0 spiro atoms. The van der Waals surface area contributed by atoms with Crippen LogP contribution in [0.3, 0.4) is 0 Å². The van der Waals surface area contributed by atoms with Crippen molar-refractivity contribution >= 4 is 11.0 Å². The molecule has 0 atom stereocenters. The van der Waals surface area contributed by atoms with E-state index in [1.807, 2.05) is 25.1 Å². The molecule has 1 fully saturated rings. The molecule has 2 heterocycles. The molecule has 0 bridgehead atoms. The maximum absolute atomic E-state index is 5.92. The largest absolute Gasteiger partial charge is 0.456 e. The standard InChI is InChI=1S/C13H15NO2/c1-9-10-5-3-4-6-11(10)15-12(9)16-13(2)7-14-8-13/h3-6,14H,7-8H2,1-2H3. The van der Waals surface area contributed by atoms with Crippen LogP contribution in [0.25, 0.3) is 11.0 Å². The second-order valence-electron chi connectivity index (χ2n) is 4.67. The normalized spacial score (nSPS) is 18.4. The van der Waals surface area contributed by atoms with E-state index in [1.165, 1.54) is 0 Å². The van der Waals surface area contributed by atoms with Crippen LogP contribution in [0.1, 0.15) is 12.5 Å². The number of nitrogens with one attached hydrogen (secondary N) is 1. The van der Waals surface area contributed by atoms with Gasteiger partial charge in [0.05, 0.1) is 0 Å². The summed E-state index contributed by atoms with van der Waals surface area (Å²) in [5.74, 6) is 0.658. The molecular weight excluding hydrogens is 202 g/mol. The van der Waals surface area contributed by atoms with Crippen LogP contribution in [0.5, 0.6) is 5.95 Å². The van der Waals surface area contributed by atoms with E-state index in [0.29, 0.717) is 5.95 Å². The second-order valence-corrected chi connectivity index (χ2v) is 4.67. The molecule has 2 aromatic rings. The van der Waals surface area contributed by atoms with E-state index in [4.69, 9.17) is 9.15 Å². The van der Waals surface area contributed by atoms with E-state index in [-0.39, 0.29) is 5.60 Å². The average Bonchev–Trinajstić information content (AvgIpc) is 2.55. The molecule has 84 valence electrons. The Bertz CT molecular complexity index is 526. The van der Waals surface area contributed by atoms with Gasteiger partial charge in [-0.15, -0.1) is 0 Å². The minimum absolute atomic E-state index is 0.112. The summed E-state index contributed by atoms with van der Waals surface area (Å²) in [5.41, 5.74) is 1.87. The van der Waals surface area contributed by atoms with Gasteiger partial charge in [-0.25, -0.2) is 0 Å². The summed E-state index contributed by atoms with van der Waals surface area (Å²) in [6.07, 6.45) is 0. The Labute approximate surface area is 94.4 Å². The van der Waals surface area contributed by atoms with Gasteiger partial charge in [-0.1, -0.05) is 18.2 Å². The fourth-order valence-corrected chi connectivity index (χ4v) is 2.02. The number of hydrogen-bond acceptors (Lipinski definition) is 3. The zero-order valence-corrected chi connectivity index (χ0v) is 9.54. The molecule has 16 heavy (non-hydrogen) atoms. The Hall–Kier alpha value is -1.48. The van der Waals surface area contributed by atoms with Crippen molar-refractivity contribution in [3.8, 4) is 5.95 Å². The molecule has 3 nitrogen and oxygen atoms in total. The highest BCUT2D eigenvalue weighted by atomic mass is 16.6. The van der Waals surface area contributed by atoms with E-state index >= 15 is 0 Å². The Balaban J connectivity index is 2.00. The lowest BCUT2D eigenvalue weighted by atomic mass is 10.0. The Morgan fingerprint density at radius 2 is 2.06 bits per heavy atom. The number of rotatable bonds is 2. The first-order valence-electron chi connectivity index (χ1n) is 5.56. The Morgan fingerprint density at radius 3 is 2.69 bits per heavy atom. The van der Waals surface area contributed by atoms with Gasteiger partial charge < -0.3 is 14.5 Å². The van der Waals surface area contributed by atoms with Crippen LogP contribution in [0.15, 0.2) is 28.7 Å². The molecule has 0 aliphatic carbocycles. The van der Waals surface area contributed by atoms with E-state index < -0.39 is 0 Å². The molecule has 1 saturated heterocycles. The van der Waals surface area contributed by atoms with Gasteiger partial charge in [-0.05, 0) is 19.9 Å². The van der Waals surface area contributed by atoms with E-state index in [1.54, 1.807) is 0 Å². The molecule has 1 aliphatic heterocycles. The number of fused-ring (bicyclic) bond motifs is 1. The van der Waals surface area contributed by atoms with Crippen LogP contribution in [-0.4, -0.2) is 18.7 Å². The lowest BCUT2D eigenvalue weighted by Gasteiger charge is -2.38. The van der Waals surface area contributed by atoms with Gasteiger partial charge in [-0.3, -0.25) is 0 Å². The first kappa shape index (κ1) is 9.73. The molecule has 0 saturated carbocycles. The zero-order valence-electron chi connectivity index (χ0n) is 9.54. The summed E-state index contributed by atoms with van der Waals surface area (Å²) in [4.78, 5) is 0. The fraction of sp³-hybridized carbons (Fsp3) is 0.385. The van der Waals surface area contributed by atoms with Crippen molar-refractivity contribution in [2.45, 2.75) is 19.4 Å². The highest BCUT2D eigenvalue weighted by Gasteiger charge is 2.35. The molecule has 1 aliphatic rings. The topological polar surface area (TPSA) is 34.4 Å².